The molecule has 0 bridgehead atoms. The van der Waals surface area contributed by atoms with Gasteiger partial charge in [-0.1, -0.05) is 11.6 Å². The number of hydrogen-bond donors (Lipinski definition) is 2. The summed E-state index contributed by atoms with van der Waals surface area (Å²) in [6, 6.07) is 12.3. The molecule has 0 aliphatic carbocycles. The number of nitrogens with one attached hydrogen (secondary N) is 2. The van der Waals surface area contributed by atoms with E-state index in [1.165, 1.54) is 6.07 Å². The minimum Gasteiger partial charge on any atom is -0.485 e. The molecule has 218 valence electrons. The molecule has 1 aromatic heterocycles. The van der Waals surface area contributed by atoms with E-state index < -0.39 is 22.8 Å². The zero-order valence-electron chi connectivity index (χ0n) is 21.8. The fraction of sp³-hybridized carbons (Fsp3) is 0.241. The van der Waals surface area contributed by atoms with Gasteiger partial charge in [-0.2, -0.15) is 13.2 Å². The maximum absolute atomic E-state index is 13.1. The van der Waals surface area contributed by atoms with Crippen molar-refractivity contribution in [2.45, 2.75) is 18.7 Å². The van der Waals surface area contributed by atoms with E-state index in [9.17, 15) is 18.0 Å². The summed E-state index contributed by atoms with van der Waals surface area (Å²) in [5.74, 6) is 2.40. The van der Waals surface area contributed by atoms with Crippen molar-refractivity contribution in [3.63, 3.8) is 0 Å². The molecule has 42 heavy (non-hydrogen) atoms. The van der Waals surface area contributed by atoms with Crippen LogP contribution < -0.4 is 29.6 Å². The molecule has 9 nitrogen and oxygen atoms in total. The van der Waals surface area contributed by atoms with Crippen LogP contribution in [0.15, 0.2) is 60.8 Å². The average molecular weight is 602 g/mol. The van der Waals surface area contributed by atoms with Gasteiger partial charge < -0.3 is 34.3 Å². The number of halogens is 4. The normalized spacial score (nSPS) is 16.2. The number of fused-ring (bicyclic) bond motifs is 3. The number of ether oxygens (including phenoxy) is 5. The van der Waals surface area contributed by atoms with E-state index in [0.29, 0.717) is 71.8 Å². The lowest BCUT2D eigenvalue weighted by Gasteiger charge is -2.24. The molecule has 2 aliphatic rings. The third-order valence-electron chi connectivity index (χ3n) is 6.49. The van der Waals surface area contributed by atoms with Crippen LogP contribution in [0.4, 0.5) is 29.3 Å². The summed E-state index contributed by atoms with van der Waals surface area (Å²) < 4.78 is 69.0. The quantitative estimate of drug-likeness (QED) is 0.239. The summed E-state index contributed by atoms with van der Waals surface area (Å²) in [7, 11) is 0. The second-order valence-electron chi connectivity index (χ2n) is 9.43. The van der Waals surface area contributed by atoms with Crippen molar-refractivity contribution < 1.29 is 41.7 Å². The molecule has 1 fully saturated rings. The summed E-state index contributed by atoms with van der Waals surface area (Å²) in [6.07, 6.45) is -2.36. The predicted molar refractivity (Wildman–Crippen MR) is 148 cm³/mol. The molecule has 0 saturated carbocycles. The number of benzene rings is 3. The van der Waals surface area contributed by atoms with Gasteiger partial charge in [0, 0.05) is 30.1 Å². The number of pyridine rings is 1. The fourth-order valence-corrected chi connectivity index (χ4v) is 4.80. The minimum atomic E-state index is -4.65. The van der Waals surface area contributed by atoms with Crippen molar-refractivity contribution in [1.82, 2.24) is 4.98 Å². The zero-order chi connectivity index (χ0) is 29.3. The smallest absolute Gasteiger partial charge is 0.417 e. The van der Waals surface area contributed by atoms with Gasteiger partial charge in [-0.15, -0.1) is 0 Å². The van der Waals surface area contributed by atoms with E-state index in [1.54, 1.807) is 42.6 Å². The summed E-state index contributed by atoms with van der Waals surface area (Å²) in [4.78, 5) is 16.9. The van der Waals surface area contributed by atoms with Gasteiger partial charge in [0.2, 0.25) is 5.75 Å². The number of urea groups is 1. The molecule has 0 spiro atoms. The van der Waals surface area contributed by atoms with E-state index in [1.807, 2.05) is 0 Å². The first-order valence-electron chi connectivity index (χ1n) is 12.9. The highest BCUT2D eigenvalue weighted by molar-refractivity contribution is 6.31. The molecule has 4 aromatic rings. The van der Waals surface area contributed by atoms with Crippen LogP contribution in [-0.2, 0) is 10.9 Å². The van der Waals surface area contributed by atoms with Crippen LogP contribution in [0.1, 0.15) is 12.0 Å². The van der Waals surface area contributed by atoms with Gasteiger partial charge in [-0.25, -0.2) is 4.79 Å². The SMILES string of the molecule is O=C(Nc1ccc(Oc2ccnc3cc(OC4CCOC4)c4c(c23)OCCO4)cc1)Nc1ccc(Cl)c(C(F)(F)F)c1. The highest BCUT2D eigenvalue weighted by Gasteiger charge is 2.33. The summed E-state index contributed by atoms with van der Waals surface area (Å²) in [5.41, 5.74) is -0.126. The first-order valence-corrected chi connectivity index (χ1v) is 13.3. The third kappa shape index (κ3) is 5.95. The van der Waals surface area contributed by atoms with Crippen LogP contribution in [0.5, 0.6) is 28.7 Å². The van der Waals surface area contributed by atoms with Gasteiger partial charge in [0.25, 0.3) is 0 Å². The number of alkyl halides is 3. The number of anilines is 2. The summed E-state index contributed by atoms with van der Waals surface area (Å²) in [6.45, 7) is 1.85. The molecule has 2 aliphatic heterocycles. The van der Waals surface area contributed by atoms with E-state index in [2.05, 4.69) is 15.6 Å². The van der Waals surface area contributed by atoms with Crippen LogP contribution in [0.2, 0.25) is 5.02 Å². The van der Waals surface area contributed by atoms with Gasteiger partial charge in [-0.3, -0.25) is 4.98 Å². The lowest BCUT2D eigenvalue weighted by atomic mass is 10.1. The van der Waals surface area contributed by atoms with Crippen molar-refractivity contribution in [2.24, 2.45) is 0 Å². The van der Waals surface area contributed by atoms with E-state index in [4.69, 9.17) is 35.3 Å². The van der Waals surface area contributed by atoms with E-state index >= 15 is 0 Å². The predicted octanol–water partition coefficient (Wildman–Crippen LogP) is 7.28. The fourth-order valence-electron chi connectivity index (χ4n) is 4.58. The van der Waals surface area contributed by atoms with Crippen LogP contribution in [0.3, 0.4) is 0 Å². The molecule has 3 heterocycles. The van der Waals surface area contributed by atoms with Crippen molar-refractivity contribution in [3.05, 3.63) is 71.4 Å². The van der Waals surface area contributed by atoms with Gasteiger partial charge in [-0.05, 0) is 48.5 Å². The number of nitrogens with zero attached hydrogens (tertiary/aromatic N) is 1. The maximum Gasteiger partial charge on any atom is 0.417 e. The second-order valence-corrected chi connectivity index (χ2v) is 9.84. The van der Waals surface area contributed by atoms with Gasteiger partial charge >= 0.3 is 12.2 Å². The molecule has 6 rings (SSSR count). The average Bonchev–Trinajstić information content (AvgIpc) is 3.48. The van der Waals surface area contributed by atoms with Gasteiger partial charge in [0.15, 0.2) is 11.5 Å². The Morgan fingerprint density at radius 1 is 0.929 bits per heavy atom. The first kappa shape index (κ1) is 27.7. The Bertz CT molecular complexity index is 1630. The summed E-state index contributed by atoms with van der Waals surface area (Å²) >= 11 is 5.64. The van der Waals surface area contributed by atoms with E-state index in [-0.39, 0.29) is 11.8 Å². The third-order valence-corrected chi connectivity index (χ3v) is 6.82. The van der Waals surface area contributed by atoms with Crippen LogP contribution in [0, 0.1) is 0 Å². The van der Waals surface area contributed by atoms with Gasteiger partial charge in [0.05, 0.1) is 34.7 Å². The van der Waals surface area contributed by atoms with E-state index in [0.717, 1.165) is 18.6 Å². The first-order chi connectivity index (χ1) is 20.2. The molecule has 0 radical (unpaired) electrons. The molecule has 3 aromatic carbocycles. The van der Waals surface area contributed by atoms with Crippen LogP contribution >= 0.6 is 11.6 Å². The minimum absolute atomic E-state index is 0.0617. The Morgan fingerprint density at radius 2 is 1.67 bits per heavy atom. The number of aromatic nitrogens is 1. The molecule has 1 saturated heterocycles. The Balaban J connectivity index is 1.18. The Morgan fingerprint density at radius 3 is 2.40 bits per heavy atom. The number of rotatable bonds is 6. The van der Waals surface area contributed by atoms with Crippen molar-refractivity contribution in [1.29, 1.82) is 0 Å². The highest BCUT2D eigenvalue weighted by atomic mass is 35.5. The molecular weight excluding hydrogens is 579 g/mol. The number of amides is 2. The standard InChI is InChI=1S/C29H23ClF3N3O6/c30-21-6-3-17(13-20(21)29(31,32)33)36-28(37)35-16-1-4-18(5-2-16)41-23-7-9-34-22-14-24(42-19-8-10-38-15-19)26-27(25(22)23)40-12-11-39-26/h1-7,9,13-14,19H,8,10-12,15H2,(H2,35,36,37). The molecule has 13 heteroatoms. The lowest BCUT2D eigenvalue weighted by molar-refractivity contribution is -0.137. The molecule has 1 unspecified atom stereocenters. The monoisotopic (exact) mass is 601 g/mol. The zero-order valence-corrected chi connectivity index (χ0v) is 22.6. The molecule has 1 atom stereocenters. The van der Waals surface area contributed by atoms with Gasteiger partial charge in [0.1, 0.15) is 30.8 Å². The number of carbonyl (C=O) groups excluding carboxylic acids is 1. The topological polar surface area (TPSA) is 100 Å². The van der Waals surface area contributed by atoms with Crippen LogP contribution in [0.25, 0.3) is 10.9 Å². The number of hydrogen-bond acceptors (Lipinski definition) is 7. The Hall–Kier alpha value is -4.42. The molecule has 2 amide bonds. The number of carbonyl (C=O) groups is 1. The lowest BCUT2D eigenvalue weighted by Crippen LogP contribution is -2.20. The largest absolute Gasteiger partial charge is 0.485 e. The van der Waals surface area contributed by atoms with Crippen molar-refractivity contribution in [2.75, 3.05) is 37.1 Å². The summed E-state index contributed by atoms with van der Waals surface area (Å²) in [5, 5.41) is 5.10. The molecule has 2 N–H and O–H groups in total. The van der Waals surface area contributed by atoms with Crippen molar-refractivity contribution >= 4 is 39.9 Å². The highest BCUT2D eigenvalue weighted by Crippen LogP contribution is 2.49. The van der Waals surface area contributed by atoms with Crippen molar-refractivity contribution in [3.8, 4) is 28.7 Å². The molecular formula is C29H23ClF3N3O6. The Kier molecular flexibility index (Phi) is 7.56. The maximum atomic E-state index is 13.1. The van der Waals surface area contributed by atoms with Crippen LogP contribution in [-0.4, -0.2) is 43.5 Å². The second kappa shape index (κ2) is 11.5. The Labute approximate surface area is 242 Å².